The van der Waals surface area contributed by atoms with Gasteiger partial charge in [0, 0.05) is 18.2 Å². The van der Waals surface area contributed by atoms with Crippen LogP contribution in [0.25, 0.3) is 0 Å². The van der Waals surface area contributed by atoms with E-state index in [2.05, 4.69) is 19.2 Å². The molecule has 4 heteroatoms. The molecule has 1 rings (SSSR count). The molecule has 0 aliphatic rings. The van der Waals surface area contributed by atoms with Gasteiger partial charge in [-0.25, -0.2) is 0 Å². The summed E-state index contributed by atoms with van der Waals surface area (Å²) in [5.74, 6) is 1.37. The summed E-state index contributed by atoms with van der Waals surface area (Å²) in [7, 11) is 0. The Kier molecular flexibility index (Phi) is 6.05. The fourth-order valence-electron chi connectivity index (χ4n) is 1.47. The molecule has 1 aromatic carbocycles. The lowest BCUT2D eigenvalue weighted by atomic mass is 10.1. The van der Waals surface area contributed by atoms with Crippen LogP contribution in [-0.4, -0.2) is 19.1 Å². The molecule has 0 saturated heterocycles. The minimum Gasteiger partial charge on any atom is -0.492 e. The lowest BCUT2D eigenvalue weighted by molar-refractivity contribution is -0.121. The van der Waals surface area contributed by atoms with Gasteiger partial charge in [0.2, 0.25) is 5.91 Å². The monoisotopic (exact) mass is 250 g/mol. The highest BCUT2D eigenvalue weighted by molar-refractivity contribution is 5.75. The highest BCUT2D eigenvalue weighted by Gasteiger charge is 2.02. The van der Waals surface area contributed by atoms with Crippen molar-refractivity contribution in [2.45, 2.75) is 26.7 Å². The Balaban J connectivity index is 2.13. The smallest absolute Gasteiger partial charge is 0.220 e. The van der Waals surface area contributed by atoms with Crippen LogP contribution in [0.15, 0.2) is 24.3 Å². The number of nitrogens with one attached hydrogen (secondary N) is 1. The van der Waals surface area contributed by atoms with E-state index in [0.29, 0.717) is 31.2 Å². The number of benzene rings is 1. The predicted molar refractivity (Wildman–Crippen MR) is 73.4 cm³/mol. The summed E-state index contributed by atoms with van der Waals surface area (Å²) in [6.45, 7) is 5.19. The summed E-state index contributed by atoms with van der Waals surface area (Å²) in [5.41, 5.74) is 6.30. The summed E-state index contributed by atoms with van der Waals surface area (Å²) in [5, 5.41) is 2.83. The Hall–Kier alpha value is -1.71. The Labute approximate surface area is 109 Å². The van der Waals surface area contributed by atoms with Crippen LogP contribution in [0.2, 0.25) is 0 Å². The summed E-state index contributed by atoms with van der Waals surface area (Å²) < 4.78 is 5.47. The summed E-state index contributed by atoms with van der Waals surface area (Å²) in [4.78, 5) is 11.4. The van der Waals surface area contributed by atoms with E-state index in [-0.39, 0.29) is 5.91 Å². The maximum atomic E-state index is 11.4. The number of nitrogens with two attached hydrogens (primary N) is 1. The van der Waals surface area contributed by atoms with Crippen LogP contribution in [0.1, 0.15) is 26.7 Å². The zero-order chi connectivity index (χ0) is 13.4. The number of anilines is 1. The number of nitrogen functional groups attached to an aromatic ring is 1. The first-order valence-corrected chi connectivity index (χ1v) is 6.33. The van der Waals surface area contributed by atoms with Crippen molar-refractivity contribution in [1.29, 1.82) is 0 Å². The van der Waals surface area contributed by atoms with Crippen molar-refractivity contribution in [3.05, 3.63) is 24.3 Å². The van der Waals surface area contributed by atoms with E-state index in [0.717, 1.165) is 12.2 Å². The predicted octanol–water partition coefficient (Wildman–Crippen LogP) is 2.20. The number of rotatable bonds is 7. The van der Waals surface area contributed by atoms with Crippen LogP contribution in [-0.2, 0) is 4.79 Å². The molecular weight excluding hydrogens is 228 g/mol. The molecule has 0 unspecified atom stereocenters. The van der Waals surface area contributed by atoms with Gasteiger partial charge in [0.1, 0.15) is 12.4 Å². The van der Waals surface area contributed by atoms with Gasteiger partial charge < -0.3 is 15.8 Å². The average molecular weight is 250 g/mol. The molecule has 0 aliphatic carbocycles. The third-order valence-corrected chi connectivity index (χ3v) is 2.50. The van der Waals surface area contributed by atoms with Crippen LogP contribution in [0.4, 0.5) is 5.69 Å². The van der Waals surface area contributed by atoms with E-state index in [4.69, 9.17) is 10.5 Å². The van der Waals surface area contributed by atoms with Crippen LogP contribution in [0.5, 0.6) is 5.75 Å². The minimum absolute atomic E-state index is 0.0832. The molecule has 1 aromatic rings. The topological polar surface area (TPSA) is 64.3 Å². The summed E-state index contributed by atoms with van der Waals surface area (Å²) in [6, 6.07) is 7.25. The summed E-state index contributed by atoms with van der Waals surface area (Å²) in [6.07, 6.45) is 1.50. The van der Waals surface area contributed by atoms with Gasteiger partial charge in [-0.05, 0) is 24.5 Å². The van der Waals surface area contributed by atoms with Gasteiger partial charge in [-0.3, -0.25) is 4.79 Å². The van der Waals surface area contributed by atoms with Crippen LogP contribution in [0, 0.1) is 5.92 Å². The number of hydrogen-bond donors (Lipinski definition) is 2. The molecule has 0 saturated carbocycles. The second-order valence-electron chi connectivity index (χ2n) is 4.70. The van der Waals surface area contributed by atoms with Crippen molar-refractivity contribution in [2.24, 2.45) is 5.92 Å². The average Bonchev–Trinajstić information content (AvgIpc) is 2.32. The molecule has 0 radical (unpaired) electrons. The first-order valence-electron chi connectivity index (χ1n) is 6.33. The van der Waals surface area contributed by atoms with Gasteiger partial charge in [-0.15, -0.1) is 0 Å². The van der Waals surface area contributed by atoms with E-state index >= 15 is 0 Å². The Morgan fingerprint density at radius 3 is 2.89 bits per heavy atom. The van der Waals surface area contributed by atoms with E-state index in [9.17, 15) is 4.79 Å². The molecule has 0 atom stereocenters. The maximum Gasteiger partial charge on any atom is 0.220 e. The lowest BCUT2D eigenvalue weighted by Crippen LogP contribution is -2.28. The highest BCUT2D eigenvalue weighted by Crippen LogP contribution is 2.13. The van der Waals surface area contributed by atoms with Crippen molar-refractivity contribution in [3.63, 3.8) is 0 Å². The quantitative estimate of drug-likeness (QED) is 0.576. The third-order valence-electron chi connectivity index (χ3n) is 2.50. The molecule has 0 spiro atoms. The molecule has 0 aromatic heterocycles. The Bertz CT molecular complexity index is 378. The van der Waals surface area contributed by atoms with Crippen molar-refractivity contribution < 1.29 is 9.53 Å². The second kappa shape index (κ2) is 7.58. The molecular formula is C14H22N2O2. The number of amides is 1. The van der Waals surface area contributed by atoms with Crippen molar-refractivity contribution in [2.75, 3.05) is 18.9 Å². The van der Waals surface area contributed by atoms with E-state index < -0.39 is 0 Å². The SMILES string of the molecule is CC(C)CCC(=O)NCCOc1cccc(N)c1. The summed E-state index contributed by atoms with van der Waals surface area (Å²) >= 11 is 0. The maximum absolute atomic E-state index is 11.4. The zero-order valence-corrected chi connectivity index (χ0v) is 11.1. The zero-order valence-electron chi connectivity index (χ0n) is 11.1. The first kappa shape index (κ1) is 14.4. The van der Waals surface area contributed by atoms with Crippen LogP contribution < -0.4 is 15.8 Å². The van der Waals surface area contributed by atoms with E-state index in [1.54, 1.807) is 12.1 Å². The second-order valence-corrected chi connectivity index (χ2v) is 4.70. The standard InChI is InChI=1S/C14H22N2O2/c1-11(2)6-7-14(17)16-8-9-18-13-5-3-4-12(15)10-13/h3-5,10-11H,6-9,15H2,1-2H3,(H,16,17). The first-order chi connectivity index (χ1) is 8.58. The Morgan fingerprint density at radius 2 is 2.22 bits per heavy atom. The van der Waals surface area contributed by atoms with Gasteiger partial charge in [-0.2, -0.15) is 0 Å². The van der Waals surface area contributed by atoms with Crippen molar-refractivity contribution in [3.8, 4) is 5.75 Å². The highest BCUT2D eigenvalue weighted by atomic mass is 16.5. The molecule has 4 nitrogen and oxygen atoms in total. The third kappa shape index (κ3) is 6.13. The van der Waals surface area contributed by atoms with Gasteiger partial charge in [0.15, 0.2) is 0 Å². The number of hydrogen-bond acceptors (Lipinski definition) is 3. The minimum atomic E-state index is 0.0832. The molecule has 0 aliphatic heterocycles. The molecule has 1 amide bonds. The lowest BCUT2D eigenvalue weighted by Gasteiger charge is -2.09. The van der Waals surface area contributed by atoms with Crippen LogP contribution in [0.3, 0.4) is 0 Å². The molecule has 18 heavy (non-hydrogen) atoms. The van der Waals surface area contributed by atoms with Gasteiger partial charge in [0.25, 0.3) is 0 Å². The van der Waals surface area contributed by atoms with Crippen LogP contribution >= 0.6 is 0 Å². The van der Waals surface area contributed by atoms with Gasteiger partial charge in [-0.1, -0.05) is 19.9 Å². The fraction of sp³-hybridized carbons (Fsp3) is 0.500. The number of ether oxygens (including phenoxy) is 1. The van der Waals surface area contributed by atoms with Gasteiger partial charge >= 0.3 is 0 Å². The Morgan fingerprint density at radius 1 is 1.44 bits per heavy atom. The number of carbonyl (C=O) groups is 1. The molecule has 0 bridgehead atoms. The largest absolute Gasteiger partial charge is 0.492 e. The molecule has 0 fully saturated rings. The van der Waals surface area contributed by atoms with Gasteiger partial charge in [0.05, 0.1) is 6.54 Å². The molecule has 0 heterocycles. The van der Waals surface area contributed by atoms with Crippen molar-refractivity contribution in [1.82, 2.24) is 5.32 Å². The molecule has 3 N–H and O–H groups in total. The van der Waals surface area contributed by atoms with E-state index in [1.165, 1.54) is 0 Å². The normalized spacial score (nSPS) is 10.4. The van der Waals surface area contributed by atoms with Crippen molar-refractivity contribution >= 4 is 11.6 Å². The fourth-order valence-corrected chi connectivity index (χ4v) is 1.47. The number of carbonyl (C=O) groups excluding carboxylic acids is 1. The van der Waals surface area contributed by atoms with E-state index in [1.807, 2.05) is 12.1 Å². The molecule has 100 valence electrons.